The van der Waals surface area contributed by atoms with E-state index in [1.165, 1.54) is 12.1 Å². The van der Waals surface area contributed by atoms with Crippen LogP contribution in [0.25, 0.3) is 5.69 Å². The van der Waals surface area contributed by atoms with Crippen LogP contribution >= 0.6 is 0 Å². The van der Waals surface area contributed by atoms with Gasteiger partial charge in [-0.05, 0) is 55.3 Å². The summed E-state index contributed by atoms with van der Waals surface area (Å²) in [5.41, 5.74) is 3.24. The van der Waals surface area contributed by atoms with Gasteiger partial charge in [-0.3, -0.25) is 4.79 Å². The van der Waals surface area contributed by atoms with E-state index < -0.39 is 0 Å². The van der Waals surface area contributed by atoms with Gasteiger partial charge in [0.2, 0.25) is 11.8 Å². The van der Waals surface area contributed by atoms with Crippen LogP contribution in [0.2, 0.25) is 0 Å². The van der Waals surface area contributed by atoms with Crippen LogP contribution in [-0.2, 0) is 17.8 Å². The Hall–Kier alpha value is -4.13. The van der Waals surface area contributed by atoms with Crippen LogP contribution < -0.4 is 14.8 Å². The first-order valence-corrected chi connectivity index (χ1v) is 11.0. The van der Waals surface area contributed by atoms with Crippen LogP contribution in [0.5, 0.6) is 17.4 Å². The summed E-state index contributed by atoms with van der Waals surface area (Å²) >= 11 is 0. The normalized spacial score (nSPS) is 10.7. The molecule has 0 spiro atoms. The maximum atomic E-state index is 13.5. The molecule has 0 aliphatic rings. The number of aromatic nitrogens is 2. The van der Waals surface area contributed by atoms with Crippen molar-refractivity contribution in [3.05, 3.63) is 102 Å². The van der Waals surface area contributed by atoms with Crippen molar-refractivity contribution in [1.29, 1.82) is 0 Å². The van der Waals surface area contributed by atoms with Gasteiger partial charge in [-0.2, -0.15) is 5.10 Å². The molecule has 1 aromatic heterocycles. The molecule has 0 aliphatic heterocycles. The first-order chi connectivity index (χ1) is 16.5. The van der Waals surface area contributed by atoms with Gasteiger partial charge >= 0.3 is 0 Å². The van der Waals surface area contributed by atoms with Crippen LogP contribution in [0, 0.1) is 12.7 Å². The summed E-state index contributed by atoms with van der Waals surface area (Å²) in [6, 6.07) is 23.0. The number of carbonyl (C=O) groups excluding carboxylic acids is 1. The van der Waals surface area contributed by atoms with Gasteiger partial charge in [0.15, 0.2) is 0 Å². The van der Waals surface area contributed by atoms with E-state index in [1.807, 2.05) is 55.5 Å². The van der Waals surface area contributed by atoms with Gasteiger partial charge in [0.1, 0.15) is 17.3 Å². The van der Waals surface area contributed by atoms with Crippen LogP contribution in [0.4, 0.5) is 4.39 Å². The maximum absolute atomic E-state index is 13.5. The number of aryl methyl sites for hydroxylation is 1. The molecule has 6 nitrogen and oxygen atoms in total. The second-order valence-electron chi connectivity index (χ2n) is 7.80. The van der Waals surface area contributed by atoms with Gasteiger partial charge in [0, 0.05) is 24.6 Å². The van der Waals surface area contributed by atoms with Crippen molar-refractivity contribution in [3.63, 3.8) is 0 Å². The third-order valence-corrected chi connectivity index (χ3v) is 5.40. The monoisotopic (exact) mass is 459 g/mol. The Balaban J connectivity index is 1.57. The van der Waals surface area contributed by atoms with Gasteiger partial charge in [-0.15, -0.1) is 0 Å². The van der Waals surface area contributed by atoms with Crippen molar-refractivity contribution in [1.82, 2.24) is 15.1 Å². The van der Waals surface area contributed by atoms with E-state index in [9.17, 15) is 9.18 Å². The molecule has 0 fully saturated rings. The number of hydrogen-bond donors (Lipinski definition) is 1. The number of amides is 1. The average molecular weight is 460 g/mol. The molecular formula is C27H26FN3O3. The molecule has 4 aromatic rings. The molecular weight excluding hydrogens is 433 g/mol. The third-order valence-electron chi connectivity index (χ3n) is 5.40. The molecule has 34 heavy (non-hydrogen) atoms. The van der Waals surface area contributed by atoms with E-state index in [2.05, 4.69) is 10.4 Å². The molecule has 4 rings (SSSR count). The molecule has 0 radical (unpaired) electrons. The highest BCUT2D eigenvalue weighted by Crippen LogP contribution is 2.32. The second kappa shape index (κ2) is 10.7. The minimum absolute atomic E-state index is 0.0647. The number of ether oxygens (including phenoxy) is 2. The molecule has 7 heteroatoms. The van der Waals surface area contributed by atoms with Gasteiger partial charge in [0.05, 0.1) is 18.5 Å². The summed E-state index contributed by atoms with van der Waals surface area (Å²) in [6.07, 6.45) is 0.713. The van der Waals surface area contributed by atoms with E-state index >= 15 is 0 Å². The molecule has 0 aliphatic carbocycles. The zero-order chi connectivity index (χ0) is 23.9. The molecule has 1 heterocycles. The van der Waals surface area contributed by atoms with Gasteiger partial charge in [-0.25, -0.2) is 9.07 Å². The quantitative estimate of drug-likeness (QED) is 0.366. The van der Waals surface area contributed by atoms with Gasteiger partial charge < -0.3 is 14.8 Å². The summed E-state index contributed by atoms with van der Waals surface area (Å²) in [4.78, 5) is 12.5. The highest BCUT2D eigenvalue weighted by Gasteiger charge is 2.20. The number of nitrogens with zero attached hydrogens (tertiary/aromatic N) is 2. The van der Waals surface area contributed by atoms with Gasteiger partial charge in [-0.1, -0.05) is 36.4 Å². The summed E-state index contributed by atoms with van der Waals surface area (Å²) in [6.45, 7) is 2.34. The van der Waals surface area contributed by atoms with Crippen molar-refractivity contribution < 1.29 is 18.7 Å². The lowest BCUT2D eigenvalue weighted by Gasteiger charge is -2.12. The molecule has 0 unspecified atom stereocenters. The first kappa shape index (κ1) is 23.0. The largest absolute Gasteiger partial charge is 0.497 e. The molecule has 0 bridgehead atoms. The van der Waals surface area contributed by atoms with Crippen molar-refractivity contribution in [2.45, 2.75) is 26.3 Å². The highest BCUT2D eigenvalue weighted by atomic mass is 19.1. The predicted octanol–water partition coefficient (Wildman–Crippen LogP) is 5.37. The maximum Gasteiger partial charge on any atom is 0.226 e. The van der Waals surface area contributed by atoms with Gasteiger partial charge in [0.25, 0.3) is 0 Å². The first-order valence-electron chi connectivity index (χ1n) is 11.0. The van der Waals surface area contributed by atoms with Crippen molar-refractivity contribution in [2.75, 3.05) is 7.11 Å². The molecule has 0 saturated carbocycles. The van der Waals surface area contributed by atoms with Crippen LogP contribution in [-0.4, -0.2) is 22.8 Å². The number of benzene rings is 3. The lowest BCUT2D eigenvalue weighted by Crippen LogP contribution is -2.23. The van der Waals surface area contributed by atoms with E-state index in [1.54, 1.807) is 30.0 Å². The Morgan fingerprint density at radius 1 is 1.00 bits per heavy atom. The molecule has 1 N–H and O–H groups in total. The van der Waals surface area contributed by atoms with Crippen LogP contribution in [0.15, 0.2) is 78.9 Å². The topological polar surface area (TPSA) is 65.4 Å². The van der Waals surface area contributed by atoms with E-state index in [-0.39, 0.29) is 18.1 Å². The summed E-state index contributed by atoms with van der Waals surface area (Å²) in [5.74, 6) is 1.30. The zero-order valence-corrected chi connectivity index (χ0v) is 19.1. The van der Waals surface area contributed by atoms with Crippen molar-refractivity contribution >= 4 is 5.91 Å². The molecule has 1 amide bonds. The van der Waals surface area contributed by atoms with Crippen LogP contribution in [0.1, 0.15) is 23.2 Å². The summed E-state index contributed by atoms with van der Waals surface area (Å²) < 4.78 is 26.7. The molecule has 174 valence electrons. The minimum atomic E-state index is -0.335. The van der Waals surface area contributed by atoms with Crippen LogP contribution in [0.3, 0.4) is 0 Å². The number of halogens is 1. The fraction of sp³-hybridized carbons (Fsp3) is 0.185. The Morgan fingerprint density at radius 3 is 2.47 bits per heavy atom. The third kappa shape index (κ3) is 5.61. The summed E-state index contributed by atoms with van der Waals surface area (Å²) in [5, 5.41) is 7.58. The molecule has 0 atom stereocenters. The van der Waals surface area contributed by atoms with E-state index in [0.717, 1.165) is 16.8 Å². The average Bonchev–Trinajstić information content (AvgIpc) is 3.17. The fourth-order valence-corrected chi connectivity index (χ4v) is 3.59. The van der Waals surface area contributed by atoms with Crippen molar-refractivity contribution in [3.8, 4) is 23.1 Å². The minimum Gasteiger partial charge on any atom is -0.497 e. The fourth-order valence-electron chi connectivity index (χ4n) is 3.59. The highest BCUT2D eigenvalue weighted by molar-refractivity contribution is 5.76. The molecule has 0 saturated heterocycles. The Labute approximate surface area is 198 Å². The van der Waals surface area contributed by atoms with Crippen molar-refractivity contribution in [2.24, 2.45) is 0 Å². The number of methoxy groups -OCH3 is 1. The Morgan fingerprint density at radius 2 is 1.74 bits per heavy atom. The Bertz CT molecular complexity index is 1250. The summed E-state index contributed by atoms with van der Waals surface area (Å²) in [7, 11) is 1.59. The molecule has 3 aromatic carbocycles. The second-order valence-corrected chi connectivity index (χ2v) is 7.80. The standard InChI is InChI=1S/C27H26FN3O3/c1-19-25(15-16-26(32)29-18-20-7-4-3-5-8-20)27(34-24-10-6-9-23(17-24)33-2)31(30-19)22-13-11-21(28)12-14-22/h3-14,17H,15-16,18H2,1-2H3,(H,29,32). The number of nitrogens with one attached hydrogen (secondary N) is 1. The predicted molar refractivity (Wildman–Crippen MR) is 128 cm³/mol. The smallest absolute Gasteiger partial charge is 0.226 e. The number of hydrogen-bond acceptors (Lipinski definition) is 4. The Kier molecular flexibility index (Phi) is 7.22. The zero-order valence-electron chi connectivity index (χ0n) is 19.1. The number of carbonyl (C=O) groups is 1. The number of rotatable bonds is 9. The van der Waals surface area contributed by atoms with E-state index in [0.29, 0.717) is 36.0 Å². The van der Waals surface area contributed by atoms with E-state index in [4.69, 9.17) is 9.47 Å². The lowest BCUT2D eigenvalue weighted by molar-refractivity contribution is -0.121. The lowest BCUT2D eigenvalue weighted by atomic mass is 10.1. The SMILES string of the molecule is COc1cccc(Oc2c(CCC(=O)NCc3ccccc3)c(C)nn2-c2ccc(F)cc2)c1.